The number of hydrogen-bond donors (Lipinski definition) is 2. The van der Waals surface area contributed by atoms with Crippen LogP contribution >= 0.6 is 0 Å². The van der Waals surface area contributed by atoms with Crippen LogP contribution in [0.2, 0.25) is 0 Å². The summed E-state index contributed by atoms with van der Waals surface area (Å²) < 4.78 is 5.77. The highest BCUT2D eigenvalue weighted by atomic mass is 16.5. The average Bonchev–Trinajstić information content (AvgIpc) is 3.21. The monoisotopic (exact) mass is 500 g/mol. The van der Waals surface area contributed by atoms with Crippen molar-refractivity contribution in [3.63, 3.8) is 0 Å². The number of hydrogen-bond acceptors (Lipinski definition) is 4. The Bertz CT molecular complexity index is 914. The molecule has 0 aliphatic heterocycles. The molecule has 4 unspecified atom stereocenters. The van der Waals surface area contributed by atoms with Crippen LogP contribution in [0, 0.1) is 56.7 Å². The van der Waals surface area contributed by atoms with Crippen molar-refractivity contribution in [2.75, 3.05) is 13.2 Å². The van der Waals surface area contributed by atoms with Gasteiger partial charge >= 0.3 is 5.97 Å². The van der Waals surface area contributed by atoms with Gasteiger partial charge in [0.2, 0.25) is 0 Å². The molecule has 5 aliphatic carbocycles. The summed E-state index contributed by atoms with van der Waals surface area (Å²) in [6, 6.07) is 0. The zero-order valence-electron chi connectivity index (χ0n) is 23.9. The van der Waals surface area contributed by atoms with Crippen LogP contribution < -0.4 is 0 Å². The van der Waals surface area contributed by atoms with Crippen molar-refractivity contribution >= 4 is 5.97 Å². The van der Waals surface area contributed by atoms with Gasteiger partial charge in [0.1, 0.15) is 0 Å². The van der Waals surface area contributed by atoms with E-state index in [2.05, 4.69) is 41.2 Å². The Balaban J connectivity index is 1.53. The van der Waals surface area contributed by atoms with E-state index < -0.39 is 11.5 Å². The van der Waals surface area contributed by atoms with Crippen molar-refractivity contribution in [2.45, 2.75) is 112 Å². The van der Waals surface area contributed by atoms with Gasteiger partial charge in [-0.1, -0.05) is 39.8 Å². The Hall–Kier alpha value is -0.870. The molecule has 4 nitrogen and oxygen atoms in total. The van der Waals surface area contributed by atoms with E-state index in [0.717, 1.165) is 32.1 Å². The summed E-state index contributed by atoms with van der Waals surface area (Å²) in [6.07, 6.45) is 11.0. The van der Waals surface area contributed by atoms with Crippen LogP contribution in [0.25, 0.3) is 0 Å². The Labute approximate surface area is 219 Å². The lowest BCUT2D eigenvalue weighted by Gasteiger charge is -2.73. The lowest BCUT2D eigenvalue weighted by Crippen LogP contribution is -2.67. The molecule has 4 heteroatoms. The highest BCUT2D eigenvalue weighted by Gasteiger charge is 2.71. The van der Waals surface area contributed by atoms with Crippen LogP contribution in [0.3, 0.4) is 0 Å². The quantitative estimate of drug-likeness (QED) is 0.340. The van der Waals surface area contributed by atoms with Crippen molar-refractivity contribution in [3.8, 4) is 0 Å². The summed E-state index contributed by atoms with van der Waals surface area (Å²) >= 11 is 0. The van der Waals surface area contributed by atoms with Crippen molar-refractivity contribution in [1.29, 1.82) is 0 Å². The van der Waals surface area contributed by atoms with Gasteiger partial charge in [-0.15, -0.1) is 0 Å². The molecule has 0 aromatic heterocycles. The minimum absolute atomic E-state index is 0.0821. The summed E-state index contributed by atoms with van der Waals surface area (Å²) in [6.45, 7) is 18.8. The molecular weight excluding hydrogens is 448 g/mol. The highest BCUT2D eigenvalue weighted by Crippen LogP contribution is 2.77. The molecule has 5 saturated carbocycles. The van der Waals surface area contributed by atoms with Gasteiger partial charge < -0.3 is 14.9 Å². The van der Waals surface area contributed by atoms with Crippen LogP contribution in [-0.4, -0.2) is 35.5 Å². The fourth-order valence-corrected chi connectivity index (χ4v) is 11.8. The smallest absolute Gasteiger partial charge is 0.302 e. The van der Waals surface area contributed by atoms with Crippen molar-refractivity contribution in [3.05, 3.63) is 12.2 Å². The molecule has 2 N–H and O–H groups in total. The molecule has 5 aliphatic rings. The molecule has 0 aromatic carbocycles. The van der Waals surface area contributed by atoms with E-state index in [4.69, 9.17) is 4.74 Å². The Kier molecular flexibility index (Phi) is 6.36. The van der Waals surface area contributed by atoms with Crippen molar-refractivity contribution < 1.29 is 19.7 Å². The zero-order valence-corrected chi connectivity index (χ0v) is 23.9. The topological polar surface area (TPSA) is 66.8 Å². The summed E-state index contributed by atoms with van der Waals surface area (Å²) in [7, 11) is 0. The molecule has 0 saturated heterocycles. The maximum absolute atomic E-state index is 11.9. The third-order valence-corrected chi connectivity index (χ3v) is 13.9. The van der Waals surface area contributed by atoms with Crippen LogP contribution in [-0.2, 0) is 9.53 Å². The van der Waals surface area contributed by atoms with E-state index in [1.165, 1.54) is 37.7 Å². The summed E-state index contributed by atoms with van der Waals surface area (Å²) in [5.41, 5.74) is 1.68. The lowest BCUT2D eigenvalue weighted by atomic mass is 9.32. The molecule has 0 spiro atoms. The fraction of sp³-hybridized carbons (Fsp3) is 0.906. The van der Waals surface area contributed by atoms with Crippen LogP contribution in [0.15, 0.2) is 12.2 Å². The molecule has 0 amide bonds. The molecule has 36 heavy (non-hydrogen) atoms. The number of aliphatic hydroxyl groups excluding tert-OH is 2. The molecule has 5 rings (SSSR count). The van der Waals surface area contributed by atoms with Gasteiger partial charge in [-0.2, -0.15) is 0 Å². The molecular formula is C32H52O4. The van der Waals surface area contributed by atoms with E-state index in [-0.39, 0.29) is 34.2 Å². The van der Waals surface area contributed by atoms with Gasteiger partial charge in [0.25, 0.3) is 0 Å². The standard InChI is InChI=1S/C32H52O4/c1-20(2)22-10-15-32(19-36-21(3)34)17-16-30(6)23(27(22)32)8-9-25-28(4)13-12-26(35)29(5,18-33)24(28)11-14-31(25,30)7/h22-27,33,35H,1,8-19H2,2-7H3/t22-,23?,24?,25?,26-,27?,28-,29-,30+,31+,32+/m0/s1. The number of carbonyl (C=O) groups excluding carboxylic acids is 1. The van der Waals surface area contributed by atoms with Crippen molar-refractivity contribution in [1.82, 2.24) is 0 Å². The molecule has 5 fully saturated rings. The van der Waals surface area contributed by atoms with Crippen LogP contribution in [0.5, 0.6) is 0 Å². The Morgan fingerprint density at radius 1 is 0.889 bits per heavy atom. The molecule has 0 bridgehead atoms. The number of allylic oxidation sites excluding steroid dienone is 1. The normalized spacial score (nSPS) is 54.0. The van der Waals surface area contributed by atoms with Gasteiger partial charge in [-0.3, -0.25) is 4.79 Å². The number of aliphatic hydroxyl groups is 2. The van der Waals surface area contributed by atoms with Gasteiger partial charge in [-0.05, 0) is 117 Å². The van der Waals surface area contributed by atoms with Gasteiger partial charge in [0.05, 0.1) is 19.3 Å². The van der Waals surface area contributed by atoms with E-state index >= 15 is 0 Å². The van der Waals surface area contributed by atoms with Gasteiger partial charge in [0.15, 0.2) is 0 Å². The number of fused-ring (bicyclic) bond motifs is 7. The second kappa shape index (κ2) is 8.57. The minimum Gasteiger partial charge on any atom is -0.465 e. The second-order valence-electron chi connectivity index (χ2n) is 15.0. The molecule has 0 heterocycles. The minimum atomic E-state index is -0.400. The predicted octanol–water partition coefficient (Wildman–Crippen LogP) is 6.54. The first-order valence-electron chi connectivity index (χ1n) is 14.9. The maximum atomic E-state index is 11.9. The van der Waals surface area contributed by atoms with Crippen molar-refractivity contribution in [2.24, 2.45) is 56.7 Å². The van der Waals surface area contributed by atoms with E-state index in [1.54, 1.807) is 6.92 Å². The van der Waals surface area contributed by atoms with Gasteiger partial charge in [0, 0.05) is 17.8 Å². The Morgan fingerprint density at radius 2 is 1.61 bits per heavy atom. The number of rotatable bonds is 4. The lowest BCUT2D eigenvalue weighted by molar-refractivity contribution is -0.255. The third-order valence-electron chi connectivity index (χ3n) is 13.9. The molecule has 11 atom stereocenters. The molecule has 0 aromatic rings. The number of esters is 1. The first-order chi connectivity index (χ1) is 16.8. The van der Waals surface area contributed by atoms with E-state index in [0.29, 0.717) is 36.2 Å². The van der Waals surface area contributed by atoms with Crippen LogP contribution in [0.4, 0.5) is 0 Å². The average molecular weight is 501 g/mol. The highest BCUT2D eigenvalue weighted by molar-refractivity contribution is 5.65. The molecule has 0 radical (unpaired) electrons. The Morgan fingerprint density at radius 3 is 2.25 bits per heavy atom. The SMILES string of the molecule is C=C(C)[C@@H]1CC[C@]2(COC(C)=O)CC[C@]3(C)C(CCC4[C@@]5(C)CC[C@H](O)[C@@](C)(CO)C5CC[C@]43C)C12. The third kappa shape index (κ3) is 3.34. The second-order valence-corrected chi connectivity index (χ2v) is 15.0. The largest absolute Gasteiger partial charge is 0.465 e. The fourth-order valence-electron chi connectivity index (χ4n) is 11.8. The zero-order chi connectivity index (χ0) is 26.3. The first-order valence-corrected chi connectivity index (χ1v) is 14.9. The summed E-state index contributed by atoms with van der Waals surface area (Å²) in [5.74, 6) is 2.55. The summed E-state index contributed by atoms with van der Waals surface area (Å²) in [5, 5.41) is 21.4. The summed E-state index contributed by atoms with van der Waals surface area (Å²) in [4.78, 5) is 11.9. The molecule has 204 valence electrons. The maximum Gasteiger partial charge on any atom is 0.302 e. The number of carbonyl (C=O) groups is 1. The number of ether oxygens (including phenoxy) is 1. The van der Waals surface area contributed by atoms with Crippen LogP contribution in [0.1, 0.15) is 106 Å². The first kappa shape index (κ1) is 26.7. The van der Waals surface area contributed by atoms with E-state index in [9.17, 15) is 15.0 Å². The van der Waals surface area contributed by atoms with Gasteiger partial charge in [-0.25, -0.2) is 0 Å². The van der Waals surface area contributed by atoms with E-state index in [1.807, 2.05) is 0 Å². The predicted molar refractivity (Wildman–Crippen MR) is 143 cm³/mol.